The molecule has 0 radical (unpaired) electrons. The average molecular weight is 1610 g/mol. The van der Waals surface area contributed by atoms with Crippen molar-refractivity contribution in [2.24, 2.45) is 84.1 Å². The van der Waals surface area contributed by atoms with E-state index in [9.17, 15) is 0 Å². The number of amidine groups is 2. The molecule has 10 rings (SSSR count). The van der Waals surface area contributed by atoms with Gasteiger partial charge in [0, 0.05) is 123 Å². The van der Waals surface area contributed by atoms with E-state index in [1.807, 2.05) is 37.4 Å². The summed E-state index contributed by atoms with van der Waals surface area (Å²) in [6.07, 6.45) is 1.33. The van der Waals surface area contributed by atoms with E-state index in [1.165, 1.54) is 23.1 Å². The fourth-order valence-electron chi connectivity index (χ4n) is 19.0. The van der Waals surface area contributed by atoms with Crippen LogP contribution in [0.5, 0.6) is 0 Å². The summed E-state index contributed by atoms with van der Waals surface area (Å²) in [5.41, 5.74) is 2.89. The number of ether oxygens (including phenoxy) is 2. The van der Waals surface area contributed by atoms with Crippen molar-refractivity contribution in [3.63, 3.8) is 0 Å². The van der Waals surface area contributed by atoms with Gasteiger partial charge in [0.25, 0.3) is 0 Å². The zero-order valence-electron chi connectivity index (χ0n) is 86.2. The Bertz CT molecular complexity index is 3240. The third-order valence-electron chi connectivity index (χ3n) is 38.7. The van der Waals surface area contributed by atoms with Crippen LogP contribution >= 0.6 is 23.5 Å². The predicted octanol–water partition coefficient (Wildman–Crippen LogP) is 26.6. The van der Waals surface area contributed by atoms with Gasteiger partial charge >= 0.3 is 0 Å². The minimum Gasteiger partial charge on any atom is -0.475 e. The van der Waals surface area contributed by atoms with Crippen molar-refractivity contribution in [1.82, 2.24) is 24.5 Å². The summed E-state index contributed by atoms with van der Waals surface area (Å²) in [5, 5.41) is 2.43. The maximum Gasteiger partial charge on any atom is 0.181 e. The number of thioether (sulfide) groups is 2. The molecule has 0 aromatic heterocycles. The van der Waals surface area contributed by atoms with Crippen molar-refractivity contribution in [1.29, 1.82) is 0 Å². The smallest absolute Gasteiger partial charge is 0.181 e. The largest absolute Gasteiger partial charge is 0.475 e. The van der Waals surface area contributed by atoms with Crippen molar-refractivity contribution in [3.05, 3.63) is 12.4 Å². The van der Waals surface area contributed by atoms with Gasteiger partial charge in [-0.15, -0.1) is 23.5 Å². The Labute approximate surface area is 706 Å². The molecule has 0 amide bonds. The summed E-state index contributed by atoms with van der Waals surface area (Å²) < 4.78 is 12.1. The Hall–Kier alpha value is -2.78. The van der Waals surface area contributed by atoms with Crippen LogP contribution in [0.4, 0.5) is 0 Å². The SMILES string of the molecule is C=C1N(C)C(C)(C)C(C)(C)C(C)(C)N1C.CC1(C)N2CCC(C)(C1(C)C)C(C)(C)C2(C)C.CC1=NC(C)(C)C(C)(C)C(C)(C)N1C.CC1=NC(C)(C)C(C)(C)C(C)(C)N1C.CC1=NC(C)(C)C(C)(C)C(C)(C)O1.CC1=NC(C)(C)C(C)(C)C(C)(C)O1.CC1=NC(C)(C)C(C)(C)C(C)(C)S1.CC1=NC(C)(C)C(C)(C)C(C)(C)S1. The number of piperidine rings is 3. The maximum absolute atomic E-state index is 5.77. The Morgan fingerprint density at radius 2 is 0.491 bits per heavy atom. The highest BCUT2D eigenvalue weighted by molar-refractivity contribution is 8.15. The molecule has 0 aliphatic carbocycles. The molecule has 10 aliphatic rings. The lowest BCUT2D eigenvalue weighted by Crippen LogP contribution is -2.82. The molecule has 0 spiro atoms. The summed E-state index contributed by atoms with van der Waals surface area (Å²) in [6, 6.07) is 0. The highest BCUT2D eigenvalue weighted by atomic mass is 32.2. The zero-order chi connectivity index (χ0) is 90.4. The second kappa shape index (κ2) is 30.7. The standard InChI is InChI=1S/C16H31N.C13H26N2.2C12H24N2.2C11H21NO.2C11H21NS/c1-12(2)14(5,6)17-11-10-16(12,9)13(3,4)15(17,7)8;1-10-14(8)12(4,5)11(2,3)13(6,7)15(10)9;2*1-9-13-11(4,5)10(2,3)12(6,7)14(9)8;4*1-8-12-10(4,5)9(2,3)11(6,7)13-8/h10-11H2,1-9H3;1H2,2-9H3;2*1-8H3;4*1-7H3. The number of aliphatic imine (C=N–C) groups is 6. The maximum atomic E-state index is 5.77. The minimum atomic E-state index is -0.150. The van der Waals surface area contributed by atoms with E-state index in [0.29, 0.717) is 16.2 Å². The molecule has 0 saturated carbocycles. The van der Waals surface area contributed by atoms with Crippen LogP contribution in [0.1, 0.15) is 401 Å². The first-order valence-corrected chi connectivity index (χ1v) is 44.5. The molecule has 2 bridgehead atoms. The fraction of sp³-hybridized carbons (Fsp3) is 0.918. The molecule has 10 heterocycles. The van der Waals surface area contributed by atoms with Crippen LogP contribution in [0.15, 0.2) is 42.4 Å². The molecular formula is C97H189N11O2S2. The molecule has 0 aromatic rings. The molecule has 112 heavy (non-hydrogen) atoms. The van der Waals surface area contributed by atoms with Crippen LogP contribution < -0.4 is 0 Å². The Morgan fingerprint density at radius 3 is 0.723 bits per heavy atom. The summed E-state index contributed by atoms with van der Waals surface area (Å²) in [4.78, 5) is 40.1. The molecule has 15 heteroatoms. The van der Waals surface area contributed by atoms with E-state index in [1.54, 1.807) is 0 Å². The number of hydrogen-bond donors (Lipinski definition) is 0. The summed E-state index contributed by atoms with van der Waals surface area (Å²) in [5.74, 6) is 4.98. The molecule has 0 atom stereocenters. The van der Waals surface area contributed by atoms with Crippen molar-refractivity contribution < 1.29 is 9.47 Å². The fourth-order valence-corrected chi connectivity index (χ4v) is 22.1. The van der Waals surface area contributed by atoms with Gasteiger partial charge in [-0.1, -0.05) is 138 Å². The van der Waals surface area contributed by atoms with Gasteiger partial charge in [-0.05, 0) is 278 Å². The van der Waals surface area contributed by atoms with Crippen molar-refractivity contribution in [2.75, 3.05) is 34.7 Å². The van der Waals surface area contributed by atoms with Crippen molar-refractivity contribution in [2.45, 2.75) is 488 Å². The van der Waals surface area contributed by atoms with E-state index in [0.717, 1.165) is 29.3 Å². The third-order valence-corrected chi connectivity index (χ3v) is 41.5. The van der Waals surface area contributed by atoms with E-state index in [-0.39, 0.29) is 125 Å². The summed E-state index contributed by atoms with van der Waals surface area (Å²) in [6.45, 7) is 135. The minimum absolute atomic E-state index is 0.00704. The lowest BCUT2D eigenvalue weighted by Gasteiger charge is -2.79. The summed E-state index contributed by atoms with van der Waals surface area (Å²) in [7, 11) is 8.54. The molecule has 13 nitrogen and oxygen atoms in total. The molecular weight excluding hydrogens is 1420 g/mol. The highest BCUT2D eigenvalue weighted by Gasteiger charge is 2.72. The quantitative estimate of drug-likeness (QED) is 0.234. The van der Waals surface area contributed by atoms with Crippen LogP contribution in [-0.4, -0.2) is 180 Å². The van der Waals surface area contributed by atoms with Gasteiger partial charge in [-0.3, -0.25) is 24.9 Å². The van der Waals surface area contributed by atoms with Crippen LogP contribution in [0.2, 0.25) is 0 Å². The molecule has 0 unspecified atom stereocenters. The van der Waals surface area contributed by atoms with Crippen molar-refractivity contribution in [3.8, 4) is 0 Å². The Balaban J connectivity index is 0.000000435. The monoisotopic (exact) mass is 1600 g/mol. The lowest BCUT2D eigenvalue weighted by molar-refractivity contribution is -0.293. The number of fused-ring (bicyclic) bond motifs is 3. The van der Waals surface area contributed by atoms with Crippen LogP contribution in [-0.2, 0) is 9.47 Å². The normalized spacial score (nSPS) is 31.3. The van der Waals surface area contributed by atoms with Gasteiger partial charge in [0.15, 0.2) is 11.8 Å². The highest BCUT2D eigenvalue weighted by Crippen LogP contribution is 2.72. The first-order chi connectivity index (χ1) is 48.3. The number of nitrogens with zero attached hydrogens (tertiary/aromatic N) is 11. The van der Waals surface area contributed by atoms with Crippen molar-refractivity contribution >= 4 is 57.1 Å². The number of hydrogen-bond acceptors (Lipinski definition) is 15. The first-order valence-electron chi connectivity index (χ1n) is 42.9. The number of rotatable bonds is 0. The molecule has 10 aliphatic heterocycles. The van der Waals surface area contributed by atoms with Gasteiger partial charge < -0.3 is 29.1 Å². The van der Waals surface area contributed by atoms with Gasteiger partial charge in [0.05, 0.1) is 60.8 Å². The third kappa shape index (κ3) is 16.9. The van der Waals surface area contributed by atoms with E-state index < -0.39 is 0 Å². The molecule has 4 saturated heterocycles. The average Bonchev–Trinajstić information content (AvgIpc) is 0.660. The van der Waals surface area contributed by atoms with Gasteiger partial charge in [-0.25, -0.2) is 9.98 Å². The van der Waals surface area contributed by atoms with E-state index in [4.69, 9.17) is 29.4 Å². The Morgan fingerprint density at radius 1 is 0.268 bits per heavy atom. The van der Waals surface area contributed by atoms with Crippen LogP contribution in [0.3, 0.4) is 0 Å². The second-order valence-corrected chi connectivity index (χ2v) is 52.1. The molecule has 0 aromatic carbocycles. The van der Waals surface area contributed by atoms with Gasteiger partial charge in [0.1, 0.15) is 11.2 Å². The van der Waals surface area contributed by atoms with Crippen LogP contribution in [0.25, 0.3) is 0 Å². The molecule has 4 fully saturated rings. The lowest BCUT2D eigenvalue weighted by atomic mass is 9.37. The molecule has 0 N–H and O–H groups in total. The predicted molar refractivity (Wildman–Crippen MR) is 505 cm³/mol. The first kappa shape index (κ1) is 105. The van der Waals surface area contributed by atoms with Crippen LogP contribution in [0, 0.1) is 54.1 Å². The molecule has 656 valence electrons. The van der Waals surface area contributed by atoms with Gasteiger partial charge in [-0.2, -0.15) is 0 Å². The van der Waals surface area contributed by atoms with Gasteiger partial charge in [0.2, 0.25) is 0 Å². The van der Waals surface area contributed by atoms with E-state index >= 15 is 0 Å². The van der Waals surface area contributed by atoms with E-state index in [2.05, 4.69) is 450 Å². The summed E-state index contributed by atoms with van der Waals surface area (Å²) >= 11 is 3.81. The zero-order valence-corrected chi connectivity index (χ0v) is 87.8. The second-order valence-electron chi connectivity index (χ2n) is 48.5. The Kier molecular flexibility index (Phi) is 28.9. The topological polar surface area (TPSA) is 109 Å².